The second-order valence-electron chi connectivity index (χ2n) is 8.87. The zero-order valence-corrected chi connectivity index (χ0v) is 18.8. The van der Waals surface area contributed by atoms with Crippen LogP contribution in [0.5, 0.6) is 0 Å². The van der Waals surface area contributed by atoms with Gasteiger partial charge in [-0.2, -0.15) is 0 Å². The number of benzene rings is 1. The Balaban J connectivity index is 1.47. The highest BCUT2D eigenvalue weighted by molar-refractivity contribution is 6.30. The maximum atomic E-state index is 13.6. The number of carbonyl (C=O) groups is 1. The monoisotopic (exact) mass is 437 g/mol. The minimum absolute atomic E-state index is 0.00711. The van der Waals surface area contributed by atoms with Gasteiger partial charge in [-0.25, -0.2) is 4.98 Å². The molecule has 0 radical (unpaired) electrons. The molecule has 162 valence electrons. The molecular weight excluding hydrogens is 410 g/mol. The van der Waals surface area contributed by atoms with E-state index in [1.54, 1.807) is 0 Å². The Morgan fingerprint density at radius 1 is 1.16 bits per heavy atom. The Kier molecular flexibility index (Phi) is 5.46. The van der Waals surface area contributed by atoms with E-state index in [1.807, 2.05) is 33.7 Å². The summed E-state index contributed by atoms with van der Waals surface area (Å²) in [7, 11) is 4.26. The standard InChI is InChI=1S/C24H28ClN5O/c1-27(2)20-10-11-28(15-20)16-21-23(26-22-8-7-19(25)14-30(21)22)24(31)29-12-9-17-5-3-4-6-18(17)13-29/h3-8,14,20H,9-13,15-16H2,1-2H3. The van der Waals surface area contributed by atoms with Crippen molar-refractivity contribution in [1.29, 1.82) is 0 Å². The van der Waals surface area contributed by atoms with E-state index in [1.165, 1.54) is 11.1 Å². The van der Waals surface area contributed by atoms with Crippen molar-refractivity contribution < 1.29 is 4.79 Å². The molecule has 0 N–H and O–H groups in total. The van der Waals surface area contributed by atoms with Crippen molar-refractivity contribution in [3.05, 3.63) is 70.1 Å². The van der Waals surface area contributed by atoms with Crippen LogP contribution in [-0.2, 0) is 19.5 Å². The van der Waals surface area contributed by atoms with Gasteiger partial charge in [-0.15, -0.1) is 0 Å². The molecule has 2 aliphatic heterocycles. The van der Waals surface area contributed by atoms with Crippen molar-refractivity contribution in [3.63, 3.8) is 0 Å². The lowest BCUT2D eigenvalue weighted by molar-refractivity contribution is 0.0727. The van der Waals surface area contributed by atoms with E-state index in [9.17, 15) is 4.79 Å². The Labute approximate surface area is 188 Å². The summed E-state index contributed by atoms with van der Waals surface area (Å²) in [6.45, 7) is 4.05. The van der Waals surface area contributed by atoms with Gasteiger partial charge in [0.1, 0.15) is 5.65 Å². The average molecular weight is 438 g/mol. The third-order valence-corrected chi connectivity index (χ3v) is 6.88. The number of amides is 1. The topological polar surface area (TPSA) is 44.1 Å². The first kappa shape index (κ1) is 20.5. The lowest BCUT2D eigenvalue weighted by Crippen LogP contribution is -2.37. The minimum atomic E-state index is 0.00711. The van der Waals surface area contributed by atoms with Gasteiger partial charge in [-0.1, -0.05) is 35.9 Å². The number of halogens is 1. The van der Waals surface area contributed by atoms with Crippen LogP contribution in [0.3, 0.4) is 0 Å². The molecule has 0 saturated carbocycles. The van der Waals surface area contributed by atoms with Gasteiger partial charge in [0, 0.05) is 45.0 Å². The fourth-order valence-electron chi connectivity index (χ4n) is 4.80. The maximum Gasteiger partial charge on any atom is 0.274 e. The lowest BCUT2D eigenvalue weighted by atomic mass is 9.99. The number of hydrogen-bond acceptors (Lipinski definition) is 4. The van der Waals surface area contributed by atoms with Crippen molar-refractivity contribution >= 4 is 23.2 Å². The third kappa shape index (κ3) is 3.95. The Hall–Kier alpha value is -2.41. The molecule has 1 saturated heterocycles. The van der Waals surface area contributed by atoms with Crippen LogP contribution in [0.4, 0.5) is 0 Å². The van der Waals surface area contributed by atoms with E-state index < -0.39 is 0 Å². The number of carbonyl (C=O) groups excluding carboxylic acids is 1. The van der Waals surface area contributed by atoms with Crippen LogP contribution in [-0.4, -0.2) is 69.8 Å². The Morgan fingerprint density at radius 2 is 1.97 bits per heavy atom. The third-order valence-electron chi connectivity index (χ3n) is 6.65. The predicted molar refractivity (Wildman–Crippen MR) is 122 cm³/mol. The predicted octanol–water partition coefficient (Wildman–Crippen LogP) is 3.32. The maximum absolute atomic E-state index is 13.6. The van der Waals surface area contributed by atoms with Crippen LogP contribution in [0.2, 0.25) is 5.02 Å². The van der Waals surface area contributed by atoms with Crippen molar-refractivity contribution in [3.8, 4) is 0 Å². The molecule has 1 fully saturated rings. The van der Waals surface area contributed by atoms with Gasteiger partial charge in [-0.3, -0.25) is 9.69 Å². The normalized spacial score (nSPS) is 19.4. The molecule has 7 heteroatoms. The number of nitrogens with zero attached hydrogens (tertiary/aromatic N) is 5. The van der Waals surface area contributed by atoms with E-state index in [-0.39, 0.29) is 5.91 Å². The van der Waals surface area contributed by atoms with Gasteiger partial charge in [0.25, 0.3) is 5.91 Å². The van der Waals surface area contributed by atoms with Gasteiger partial charge in [0.2, 0.25) is 0 Å². The molecule has 0 spiro atoms. The summed E-state index contributed by atoms with van der Waals surface area (Å²) in [6, 6.07) is 12.6. The van der Waals surface area contributed by atoms with Gasteiger partial charge in [-0.05, 0) is 50.2 Å². The second-order valence-corrected chi connectivity index (χ2v) is 9.31. The number of hydrogen-bond donors (Lipinski definition) is 0. The number of rotatable bonds is 4. The fraction of sp³-hybridized carbons (Fsp3) is 0.417. The molecule has 1 unspecified atom stereocenters. The van der Waals surface area contributed by atoms with Crippen LogP contribution < -0.4 is 0 Å². The highest BCUT2D eigenvalue weighted by Crippen LogP contribution is 2.25. The molecule has 31 heavy (non-hydrogen) atoms. The second kappa shape index (κ2) is 8.26. The number of pyridine rings is 1. The van der Waals surface area contributed by atoms with E-state index >= 15 is 0 Å². The van der Waals surface area contributed by atoms with E-state index in [4.69, 9.17) is 16.6 Å². The van der Waals surface area contributed by atoms with Crippen LogP contribution in [0.1, 0.15) is 33.7 Å². The first-order chi connectivity index (χ1) is 15.0. The highest BCUT2D eigenvalue weighted by atomic mass is 35.5. The molecule has 6 nitrogen and oxygen atoms in total. The van der Waals surface area contributed by atoms with E-state index in [0.29, 0.717) is 29.8 Å². The molecule has 1 atom stereocenters. The number of likely N-dealkylation sites (tertiary alicyclic amines) is 1. The summed E-state index contributed by atoms with van der Waals surface area (Å²) in [5.74, 6) is 0.00711. The molecule has 2 aliphatic rings. The Bertz CT molecular complexity index is 1120. The largest absolute Gasteiger partial charge is 0.333 e. The number of imidazole rings is 1. The first-order valence-electron chi connectivity index (χ1n) is 10.9. The number of likely N-dealkylation sites (N-methyl/N-ethyl adjacent to an activating group) is 1. The van der Waals surface area contributed by atoms with Crippen molar-refractivity contribution in [1.82, 2.24) is 24.1 Å². The smallest absolute Gasteiger partial charge is 0.274 e. The summed E-state index contributed by atoms with van der Waals surface area (Å²) in [5.41, 5.74) is 4.81. The molecule has 3 aromatic rings. The van der Waals surface area contributed by atoms with Gasteiger partial charge in [0.15, 0.2) is 5.69 Å². The molecule has 0 bridgehead atoms. The quantitative estimate of drug-likeness (QED) is 0.628. The van der Waals surface area contributed by atoms with Crippen LogP contribution in [0, 0.1) is 0 Å². The summed E-state index contributed by atoms with van der Waals surface area (Å²) in [5, 5.41) is 0.643. The summed E-state index contributed by atoms with van der Waals surface area (Å²) in [4.78, 5) is 25.0. The van der Waals surface area contributed by atoms with Crippen molar-refractivity contribution in [2.24, 2.45) is 0 Å². The van der Waals surface area contributed by atoms with Crippen molar-refractivity contribution in [2.45, 2.75) is 32.0 Å². The molecular formula is C24H28ClN5O. The zero-order chi connectivity index (χ0) is 21.5. The van der Waals surface area contributed by atoms with Crippen LogP contribution >= 0.6 is 11.6 Å². The summed E-state index contributed by atoms with van der Waals surface area (Å²) < 4.78 is 2.00. The minimum Gasteiger partial charge on any atom is -0.333 e. The lowest BCUT2D eigenvalue weighted by Gasteiger charge is -2.28. The highest BCUT2D eigenvalue weighted by Gasteiger charge is 2.30. The van der Waals surface area contributed by atoms with E-state index in [0.717, 1.165) is 43.8 Å². The summed E-state index contributed by atoms with van der Waals surface area (Å²) in [6.07, 6.45) is 3.89. The van der Waals surface area contributed by atoms with E-state index in [2.05, 4.69) is 42.1 Å². The van der Waals surface area contributed by atoms with Gasteiger partial charge >= 0.3 is 0 Å². The molecule has 0 aliphatic carbocycles. The van der Waals surface area contributed by atoms with Crippen LogP contribution in [0.25, 0.3) is 5.65 Å². The molecule has 1 amide bonds. The molecule has 1 aromatic carbocycles. The van der Waals surface area contributed by atoms with Gasteiger partial charge in [0.05, 0.1) is 10.7 Å². The number of aromatic nitrogens is 2. The zero-order valence-electron chi connectivity index (χ0n) is 18.1. The molecule has 4 heterocycles. The average Bonchev–Trinajstić information content (AvgIpc) is 3.38. The van der Waals surface area contributed by atoms with Gasteiger partial charge < -0.3 is 14.2 Å². The SMILES string of the molecule is CN(C)C1CCN(Cc2c(C(=O)N3CCc4ccccc4C3)nc3ccc(Cl)cn23)C1. The number of fused-ring (bicyclic) bond motifs is 2. The first-order valence-corrected chi connectivity index (χ1v) is 11.3. The fourth-order valence-corrected chi connectivity index (χ4v) is 4.96. The van der Waals surface area contributed by atoms with Crippen molar-refractivity contribution in [2.75, 3.05) is 33.7 Å². The molecule has 2 aromatic heterocycles. The van der Waals surface area contributed by atoms with Crippen LogP contribution in [0.15, 0.2) is 42.6 Å². The Morgan fingerprint density at radius 3 is 2.74 bits per heavy atom. The molecule has 5 rings (SSSR count). The summed E-state index contributed by atoms with van der Waals surface area (Å²) >= 11 is 6.30.